The summed E-state index contributed by atoms with van der Waals surface area (Å²) in [5.74, 6) is -1.26. The van der Waals surface area contributed by atoms with Gasteiger partial charge < -0.3 is 19.7 Å². The van der Waals surface area contributed by atoms with Gasteiger partial charge >= 0.3 is 5.97 Å². The first kappa shape index (κ1) is 16.3. The minimum Gasteiger partial charge on any atom is -0.492 e. The highest BCUT2D eigenvalue weighted by molar-refractivity contribution is 5.92. The molecule has 2 N–H and O–H groups in total. The molecular formula is C16H16N2O5. The van der Waals surface area contributed by atoms with Crippen molar-refractivity contribution >= 4 is 17.6 Å². The Morgan fingerprint density at radius 3 is 2.65 bits per heavy atom. The third kappa shape index (κ3) is 3.97. The maximum atomic E-state index is 12.1. The van der Waals surface area contributed by atoms with E-state index in [0.29, 0.717) is 18.0 Å². The summed E-state index contributed by atoms with van der Waals surface area (Å²) in [6.07, 6.45) is 1.36. The molecule has 0 fully saturated rings. The third-order valence-corrected chi connectivity index (χ3v) is 3.03. The van der Waals surface area contributed by atoms with Crippen molar-refractivity contribution in [2.75, 3.05) is 11.9 Å². The molecule has 7 nitrogen and oxygen atoms in total. The number of aromatic carboxylic acids is 1. The normalized spacial score (nSPS) is 10.1. The fourth-order valence-electron chi connectivity index (χ4n) is 2.02. The van der Waals surface area contributed by atoms with Crippen LogP contribution in [-0.2, 0) is 11.3 Å². The van der Waals surface area contributed by atoms with Gasteiger partial charge in [0.15, 0.2) is 0 Å². The summed E-state index contributed by atoms with van der Waals surface area (Å²) in [4.78, 5) is 35.0. The lowest BCUT2D eigenvalue weighted by molar-refractivity contribution is -0.116. The number of rotatable bonds is 6. The van der Waals surface area contributed by atoms with E-state index in [2.05, 4.69) is 5.32 Å². The lowest BCUT2D eigenvalue weighted by atomic mass is 10.2. The lowest BCUT2D eigenvalue weighted by Gasteiger charge is -2.12. The van der Waals surface area contributed by atoms with Crippen LogP contribution in [0.25, 0.3) is 0 Å². The van der Waals surface area contributed by atoms with Crippen LogP contribution in [0.4, 0.5) is 5.69 Å². The van der Waals surface area contributed by atoms with Gasteiger partial charge in [0.25, 0.3) is 5.56 Å². The summed E-state index contributed by atoms with van der Waals surface area (Å²) in [6.45, 7) is 1.99. The Morgan fingerprint density at radius 2 is 1.96 bits per heavy atom. The molecule has 1 aromatic carbocycles. The highest BCUT2D eigenvalue weighted by Gasteiger charge is 2.13. The molecule has 0 spiro atoms. The third-order valence-electron chi connectivity index (χ3n) is 3.03. The van der Waals surface area contributed by atoms with Crippen LogP contribution in [0.1, 0.15) is 17.3 Å². The number of nitrogens with zero attached hydrogens (tertiary/aromatic N) is 1. The quantitative estimate of drug-likeness (QED) is 0.843. The summed E-state index contributed by atoms with van der Waals surface area (Å²) in [7, 11) is 0. The Hall–Kier alpha value is -3.09. The van der Waals surface area contributed by atoms with Crippen molar-refractivity contribution < 1.29 is 19.4 Å². The van der Waals surface area contributed by atoms with Gasteiger partial charge in [0.05, 0.1) is 12.3 Å². The summed E-state index contributed by atoms with van der Waals surface area (Å²) in [6, 6.07) is 9.53. The molecule has 2 aromatic rings. The second-order valence-electron chi connectivity index (χ2n) is 4.64. The second kappa shape index (κ2) is 7.26. The number of nitrogens with one attached hydrogen (secondary N) is 1. The summed E-state index contributed by atoms with van der Waals surface area (Å²) in [5.41, 5.74) is -0.620. The Morgan fingerprint density at radius 1 is 1.22 bits per heavy atom. The number of hydrogen-bond acceptors (Lipinski definition) is 4. The summed E-state index contributed by atoms with van der Waals surface area (Å²) in [5, 5.41) is 11.6. The van der Waals surface area contributed by atoms with E-state index in [1.54, 1.807) is 24.3 Å². The minimum atomic E-state index is -1.33. The van der Waals surface area contributed by atoms with E-state index < -0.39 is 17.4 Å². The number of carboxylic acids is 1. The zero-order valence-corrected chi connectivity index (χ0v) is 12.5. The minimum absolute atomic E-state index is 0.291. The van der Waals surface area contributed by atoms with E-state index in [9.17, 15) is 14.4 Å². The number of carbonyl (C=O) groups excluding carboxylic acids is 1. The van der Waals surface area contributed by atoms with Crippen LogP contribution in [-0.4, -0.2) is 28.2 Å². The van der Waals surface area contributed by atoms with Gasteiger partial charge in [-0.25, -0.2) is 4.79 Å². The number of para-hydroxylation sites is 2. The molecule has 0 saturated carbocycles. The largest absolute Gasteiger partial charge is 0.492 e. The van der Waals surface area contributed by atoms with Crippen LogP contribution in [0.15, 0.2) is 47.4 Å². The smallest absolute Gasteiger partial charge is 0.341 e. The van der Waals surface area contributed by atoms with Crippen molar-refractivity contribution in [1.29, 1.82) is 0 Å². The van der Waals surface area contributed by atoms with Crippen molar-refractivity contribution in [1.82, 2.24) is 4.57 Å². The lowest BCUT2D eigenvalue weighted by Crippen LogP contribution is -2.30. The van der Waals surface area contributed by atoms with Crippen LogP contribution in [0.2, 0.25) is 0 Å². The Bertz CT molecular complexity index is 782. The van der Waals surface area contributed by atoms with Crippen molar-refractivity contribution in [3.05, 3.63) is 58.5 Å². The van der Waals surface area contributed by atoms with E-state index in [0.717, 1.165) is 4.57 Å². The van der Waals surface area contributed by atoms with Gasteiger partial charge in [-0.15, -0.1) is 0 Å². The molecule has 0 saturated heterocycles. The summed E-state index contributed by atoms with van der Waals surface area (Å²) < 4.78 is 6.45. The topological polar surface area (TPSA) is 97.6 Å². The second-order valence-corrected chi connectivity index (χ2v) is 4.64. The van der Waals surface area contributed by atoms with Crippen molar-refractivity contribution in [3.63, 3.8) is 0 Å². The molecule has 0 aliphatic rings. The van der Waals surface area contributed by atoms with Gasteiger partial charge in [-0.05, 0) is 31.2 Å². The highest BCUT2D eigenvalue weighted by atomic mass is 16.5. The molecule has 1 aromatic heterocycles. The van der Waals surface area contributed by atoms with Gasteiger partial charge in [-0.1, -0.05) is 12.1 Å². The number of pyridine rings is 1. The Kier molecular flexibility index (Phi) is 5.14. The number of amides is 1. The number of aromatic nitrogens is 1. The number of ether oxygens (including phenoxy) is 1. The van der Waals surface area contributed by atoms with E-state index >= 15 is 0 Å². The van der Waals surface area contributed by atoms with E-state index in [1.807, 2.05) is 6.92 Å². The molecule has 1 amide bonds. The van der Waals surface area contributed by atoms with Crippen molar-refractivity contribution in [2.24, 2.45) is 0 Å². The molecule has 23 heavy (non-hydrogen) atoms. The number of carbonyl (C=O) groups is 2. The Balaban J connectivity index is 2.16. The molecule has 0 unspecified atom stereocenters. The average molecular weight is 316 g/mol. The van der Waals surface area contributed by atoms with Crippen molar-refractivity contribution in [2.45, 2.75) is 13.5 Å². The van der Waals surface area contributed by atoms with Gasteiger partial charge in [0.2, 0.25) is 5.91 Å². The van der Waals surface area contributed by atoms with Crippen molar-refractivity contribution in [3.8, 4) is 5.75 Å². The predicted molar refractivity (Wildman–Crippen MR) is 83.9 cm³/mol. The summed E-state index contributed by atoms with van der Waals surface area (Å²) >= 11 is 0. The van der Waals surface area contributed by atoms with Crippen LogP contribution in [0.3, 0.4) is 0 Å². The Labute approximate surface area is 132 Å². The van der Waals surface area contributed by atoms with Gasteiger partial charge in [-0.3, -0.25) is 9.59 Å². The van der Waals surface area contributed by atoms with Crippen LogP contribution in [0, 0.1) is 0 Å². The SMILES string of the molecule is CCOc1ccccc1NC(=O)Cn1cccc(C(=O)O)c1=O. The molecule has 120 valence electrons. The molecular weight excluding hydrogens is 300 g/mol. The maximum Gasteiger partial charge on any atom is 0.341 e. The first-order valence-corrected chi connectivity index (χ1v) is 6.97. The number of carboxylic acid groups (broad SMARTS) is 1. The van der Waals surface area contributed by atoms with Crippen LogP contribution < -0.4 is 15.6 Å². The van der Waals surface area contributed by atoms with Gasteiger partial charge in [0.1, 0.15) is 17.9 Å². The van der Waals surface area contributed by atoms with Gasteiger partial charge in [-0.2, -0.15) is 0 Å². The first-order chi connectivity index (χ1) is 11.0. The zero-order chi connectivity index (χ0) is 16.8. The number of anilines is 1. The average Bonchev–Trinajstić information content (AvgIpc) is 2.51. The monoisotopic (exact) mass is 316 g/mol. The predicted octanol–water partition coefficient (Wildman–Crippen LogP) is 1.58. The van der Waals surface area contributed by atoms with E-state index in [-0.39, 0.29) is 12.1 Å². The molecule has 0 atom stereocenters. The molecule has 7 heteroatoms. The molecule has 0 radical (unpaired) electrons. The van der Waals surface area contributed by atoms with E-state index in [1.165, 1.54) is 18.3 Å². The maximum absolute atomic E-state index is 12.1. The fourth-order valence-corrected chi connectivity index (χ4v) is 2.02. The van der Waals surface area contributed by atoms with Crippen LogP contribution in [0.5, 0.6) is 5.75 Å². The number of benzene rings is 1. The van der Waals surface area contributed by atoms with Crippen LogP contribution >= 0.6 is 0 Å². The highest BCUT2D eigenvalue weighted by Crippen LogP contribution is 2.23. The molecule has 0 bridgehead atoms. The molecule has 0 aliphatic heterocycles. The number of hydrogen-bond donors (Lipinski definition) is 2. The molecule has 2 rings (SSSR count). The fraction of sp³-hybridized carbons (Fsp3) is 0.188. The standard InChI is InChI=1S/C16H16N2O5/c1-2-23-13-8-4-3-7-12(13)17-14(19)10-18-9-5-6-11(15(18)20)16(21)22/h3-9H,2,10H2,1H3,(H,17,19)(H,21,22). The first-order valence-electron chi connectivity index (χ1n) is 6.97. The van der Waals surface area contributed by atoms with E-state index in [4.69, 9.17) is 9.84 Å². The van der Waals surface area contributed by atoms with Gasteiger partial charge in [0, 0.05) is 6.20 Å². The molecule has 1 heterocycles. The zero-order valence-electron chi connectivity index (χ0n) is 12.5. The molecule has 0 aliphatic carbocycles.